The van der Waals surface area contributed by atoms with Crippen LogP contribution in [-0.2, 0) is 6.42 Å². The van der Waals surface area contributed by atoms with Crippen molar-refractivity contribution in [2.45, 2.75) is 13.3 Å². The SMILES string of the molecule is Cc1cccc(Cl)c1-c1cc(NCCc2ccccn2)cc2c1nc(N)c1cncn12. The van der Waals surface area contributed by atoms with Crippen molar-refractivity contribution in [3.63, 3.8) is 0 Å². The van der Waals surface area contributed by atoms with Crippen LogP contribution in [0.3, 0.4) is 0 Å². The topological polar surface area (TPSA) is 81.1 Å². The molecule has 5 aromatic rings. The first kappa shape index (κ1) is 19.3. The van der Waals surface area contributed by atoms with Crippen LogP contribution in [0.5, 0.6) is 0 Å². The highest BCUT2D eigenvalue weighted by Gasteiger charge is 2.16. The van der Waals surface area contributed by atoms with E-state index in [2.05, 4.69) is 27.4 Å². The zero-order chi connectivity index (χ0) is 21.4. The first-order valence-electron chi connectivity index (χ1n) is 10.1. The molecule has 3 N–H and O–H groups in total. The number of halogens is 1. The lowest BCUT2D eigenvalue weighted by molar-refractivity contribution is 0.961. The van der Waals surface area contributed by atoms with Gasteiger partial charge in [-0.25, -0.2) is 9.97 Å². The van der Waals surface area contributed by atoms with Crippen molar-refractivity contribution in [1.29, 1.82) is 0 Å². The first-order valence-corrected chi connectivity index (χ1v) is 10.4. The summed E-state index contributed by atoms with van der Waals surface area (Å²) in [4.78, 5) is 13.4. The van der Waals surface area contributed by atoms with E-state index in [1.54, 1.807) is 12.5 Å². The van der Waals surface area contributed by atoms with Crippen LogP contribution in [0, 0.1) is 6.92 Å². The number of nitrogens with one attached hydrogen (secondary N) is 1. The number of hydrogen-bond donors (Lipinski definition) is 2. The van der Waals surface area contributed by atoms with Gasteiger partial charge in [-0.15, -0.1) is 0 Å². The average molecular weight is 429 g/mol. The van der Waals surface area contributed by atoms with Crippen molar-refractivity contribution >= 4 is 39.7 Å². The van der Waals surface area contributed by atoms with Crippen LogP contribution in [0.15, 0.2) is 67.3 Å². The molecule has 0 unspecified atom stereocenters. The molecule has 154 valence electrons. The molecule has 0 aliphatic rings. The Morgan fingerprint density at radius 3 is 2.81 bits per heavy atom. The highest BCUT2D eigenvalue weighted by atomic mass is 35.5. The molecule has 2 aromatic carbocycles. The van der Waals surface area contributed by atoms with Crippen LogP contribution < -0.4 is 11.1 Å². The standard InChI is InChI=1S/C24H21ClN6/c1-15-5-4-7-19(25)22(15)18-11-17(29-10-8-16-6-2-3-9-28-16)12-20-23(18)30-24(26)21-13-27-14-31(20)21/h2-7,9,11-14,29H,8,10H2,1H3,(H2,26,30). The van der Waals surface area contributed by atoms with Crippen LogP contribution in [0.4, 0.5) is 11.5 Å². The fraction of sp³-hybridized carbons (Fsp3) is 0.125. The number of hydrogen-bond acceptors (Lipinski definition) is 5. The predicted octanol–water partition coefficient (Wildman–Crippen LogP) is 5.14. The number of nitrogens with two attached hydrogens (primary N) is 1. The molecule has 0 saturated carbocycles. The molecular formula is C24H21ClN6. The molecule has 6 nitrogen and oxygen atoms in total. The predicted molar refractivity (Wildman–Crippen MR) is 127 cm³/mol. The Balaban J connectivity index is 1.65. The van der Waals surface area contributed by atoms with E-state index in [0.717, 1.165) is 57.6 Å². The lowest BCUT2D eigenvalue weighted by Gasteiger charge is -2.16. The van der Waals surface area contributed by atoms with E-state index in [0.29, 0.717) is 10.8 Å². The summed E-state index contributed by atoms with van der Waals surface area (Å²) in [5, 5.41) is 4.21. The van der Waals surface area contributed by atoms with Crippen LogP contribution in [0.1, 0.15) is 11.3 Å². The minimum atomic E-state index is 0.437. The molecule has 3 heterocycles. The summed E-state index contributed by atoms with van der Waals surface area (Å²) < 4.78 is 1.97. The van der Waals surface area contributed by atoms with Gasteiger partial charge in [-0.1, -0.05) is 29.8 Å². The van der Waals surface area contributed by atoms with Gasteiger partial charge < -0.3 is 11.1 Å². The quantitative estimate of drug-likeness (QED) is 0.405. The van der Waals surface area contributed by atoms with E-state index in [-0.39, 0.29) is 0 Å². The van der Waals surface area contributed by atoms with Crippen LogP contribution in [0.2, 0.25) is 5.02 Å². The Morgan fingerprint density at radius 1 is 1.10 bits per heavy atom. The molecule has 7 heteroatoms. The minimum Gasteiger partial charge on any atom is -0.385 e. The highest BCUT2D eigenvalue weighted by Crippen LogP contribution is 2.38. The minimum absolute atomic E-state index is 0.437. The van der Waals surface area contributed by atoms with Gasteiger partial charge in [0.1, 0.15) is 11.3 Å². The van der Waals surface area contributed by atoms with E-state index in [4.69, 9.17) is 22.3 Å². The van der Waals surface area contributed by atoms with Gasteiger partial charge in [0.15, 0.2) is 0 Å². The molecule has 0 aliphatic heterocycles. The Labute approximate surface area is 184 Å². The second kappa shape index (κ2) is 7.89. The van der Waals surface area contributed by atoms with E-state index in [9.17, 15) is 0 Å². The van der Waals surface area contributed by atoms with Crippen molar-refractivity contribution in [3.8, 4) is 11.1 Å². The number of imidazole rings is 1. The van der Waals surface area contributed by atoms with Crippen LogP contribution in [-0.4, -0.2) is 25.9 Å². The lowest BCUT2D eigenvalue weighted by Crippen LogP contribution is -2.07. The summed E-state index contributed by atoms with van der Waals surface area (Å²) in [6.07, 6.45) is 6.12. The molecule has 0 bridgehead atoms. The second-order valence-corrected chi connectivity index (χ2v) is 7.87. The third-order valence-electron chi connectivity index (χ3n) is 5.41. The number of aromatic nitrogens is 4. The molecule has 5 rings (SSSR count). The Kier molecular flexibility index (Phi) is 4.92. The molecule has 0 atom stereocenters. The molecule has 0 fully saturated rings. The Bertz CT molecular complexity index is 1370. The van der Waals surface area contributed by atoms with Gasteiger partial charge in [0.2, 0.25) is 0 Å². The van der Waals surface area contributed by atoms with Gasteiger partial charge in [-0.3, -0.25) is 9.38 Å². The summed E-state index contributed by atoms with van der Waals surface area (Å²) in [5.74, 6) is 0.437. The summed E-state index contributed by atoms with van der Waals surface area (Å²) in [5.41, 5.74) is 13.7. The molecule has 0 spiro atoms. The largest absolute Gasteiger partial charge is 0.385 e. The molecule has 31 heavy (non-hydrogen) atoms. The fourth-order valence-electron chi connectivity index (χ4n) is 3.92. The zero-order valence-electron chi connectivity index (χ0n) is 17.0. The molecular weight excluding hydrogens is 408 g/mol. The number of nitrogen functional groups attached to an aromatic ring is 1. The number of anilines is 2. The maximum Gasteiger partial charge on any atom is 0.150 e. The molecule has 3 aromatic heterocycles. The van der Waals surface area contributed by atoms with Crippen molar-refractivity contribution < 1.29 is 0 Å². The molecule has 0 radical (unpaired) electrons. The van der Waals surface area contributed by atoms with Gasteiger partial charge in [-0.2, -0.15) is 0 Å². The monoisotopic (exact) mass is 428 g/mol. The first-order chi connectivity index (χ1) is 15.1. The maximum atomic E-state index is 6.63. The maximum absolute atomic E-state index is 6.63. The lowest BCUT2D eigenvalue weighted by atomic mass is 9.98. The van der Waals surface area contributed by atoms with Gasteiger partial charge in [-0.05, 0) is 42.8 Å². The number of benzene rings is 2. The third kappa shape index (κ3) is 3.55. The fourth-order valence-corrected chi connectivity index (χ4v) is 4.24. The second-order valence-electron chi connectivity index (χ2n) is 7.47. The number of aryl methyl sites for hydroxylation is 1. The molecule has 0 aliphatic carbocycles. The molecule has 0 saturated heterocycles. The van der Waals surface area contributed by atoms with E-state index < -0.39 is 0 Å². The van der Waals surface area contributed by atoms with Gasteiger partial charge in [0.25, 0.3) is 0 Å². The van der Waals surface area contributed by atoms with Crippen molar-refractivity contribution in [3.05, 3.63) is 83.5 Å². The smallest absolute Gasteiger partial charge is 0.150 e. The summed E-state index contributed by atoms with van der Waals surface area (Å²) in [6, 6.07) is 16.0. The third-order valence-corrected chi connectivity index (χ3v) is 5.73. The van der Waals surface area contributed by atoms with E-state index in [1.807, 2.05) is 53.9 Å². The highest BCUT2D eigenvalue weighted by molar-refractivity contribution is 6.34. The zero-order valence-corrected chi connectivity index (χ0v) is 17.8. The van der Waals surface area contributed by atoms with Crippen molar-refractivity contribution in [2.24, 2.45) is 0 Å². The summed E-state index contributed by atoms with van der Waals surface area (Å²) in [7, 11) is 0. The molecule has 0 amide bonds. The van der Waals surface area contributed by atoms with Crippen molar-refractivity contribution in [1.82, 2.24) is 19.4 Å². The Morgan fingerprint density at radius 2 is 2.00 bits per heavy atom. The average Bonchev–Trinajstić information content (AvgIpc) is 3.26. The van der Waals surface area contributed by atoms with E-state index >= 15 is 0 Å². The summed E-state index contributed by atoms with van der Waals surface area (Å²) >= 11 is 6.63. The summed E-state index contributed by atoms with van der Waals surface area (Å²) in [6.45, 7) is 2.80. The number of rotatable bonds is 5. The number of pyridine rings is 1. The van der Waals surface area contributed by atoms with E-state index in [1.165, 1.54) is 0 Å². The Hall–Kier alpha value is -3.64. The van der Waals surface area contributed by atoms with Crippen LogP contribution >= 0.6 is 11.6 Å². The van der Waals surface area contributed by atoms with Gasteiger partial charge in [0, 0.05) is 46.7 Å². The normalized spacial score (nSPS) is 11.3. The van der Waals surface area contributed by atoms with Crippen LogP contribution in [0.25, 0.3) is 27.7 Å². The number of nitrogens with zero attached hydrogens (tertiary/aromatic N) is 4. The van der Waals surface area contributed by atoms with Gasteiger partial charge >= 0.3 is 0 Å². The number of fused-ring (bicyclic) bond motifs is 3. The van der Waals surface area contributed by atoms with Gasteiger partial charge in [0.05, 0.1) is 23.6 Å². The van der Waals surface area contributed by atoms with Crippen molar-refractivity contribution in [2.75, 3.05) is 17.6 Å².